The molecule has 0 unspecified atom stereocenters. The fraction of sp³-hybridized carbons (Fsp3) is 0.0588. The summed E-state index contributed by atoms with van der Waals surface area (Å²) in [4.78, 5) is 23.5. The predicted molar refractivity (Wildman–Crippen MR) is 86.5 cm³/mol. The van der Waals surface area contributed by atoms with Crippen LogP contribution in [0.2, 0.25) is 5.02 Å². The Morgan fingerprint density at radius 2 is 1.91 bits per heavy atom. The fourth-order valence-electron chi connectivity index (χ4n) is 2.37. The Kier molecular flexibility index (Phi) is 3.80. The third-order valence-corrected chi connectivity index (χ3v) is 3.69. The van der Waals surface area contributed by atoms with Gasteiger partial charge in [0.25, 0.3) is 0 Å². The minimum Gasteiger partial charge on any atom is -0.507 e. The number of benzene rings is 2. The van der Waals surface area contributed by atoms with E-state index in [9.17, 15) is 14.7 Å². The second-order valence-electron chi connectivity index (χ2n) is 4.82. The lowest BCUT2D eigenvalue weighted by Crippen LogP contribution is -2.05. The van der Waals surface area contributed by atoms with Crippen molar-refractivity contribution in [3.63, 3.8) is 0 Å². The molecule has 1 aromatic heterocycles. The van der Waals surface area contributed by atoms with Crippen LogP contribution in [0.25, 0.3) is 22.3 Å². The highest BCUT2D eigenvalue weighted by Gasteiger charge is 2.18. The van der Waals surface area contributed by atoms with Gasteiger partial charge in [-0.3, -0.25) is 9.59 Å². The molecule has 5 nitrogen and oxygen atoms in total. The van der Waals surface area contributed by atoms with E-state index in [0.717, 1.165) is 0 Å². The summed E-state index contributed by atoms with van der Waals surface area (Å²) in [7, 11) is 1.31. The van der Waals surface area contributed by atoms with E-state index >= 15 is 0 Å². The molecular formula is C17H11ClO5. The van der Waals surface area contributed by atoms with E-state index in [1.807, 2.05) is 0 Å². The summed E-state index contributed by atoms with van der Waals surface area (Å²) in [5.74, 6) is -0.00775. The SMILES string of the molecule is COc1c(C=O)c(O)cc2oc(-c3ccc(Cl)cc3)cc(=O)c12. The molecule has 1 heterocycles. The minimum atomic E-state index is -0.379. The normalized spacial score (nSPS) is 10.7. The van der Waals surface area contributed by atoms with Crippen LogP contribution < -0.4 is 10.2 Å². The lowest BCUT2D eigenvalue weighted by Gasteiger charge is -2.10. The van der Waals surface area contributed by atoms with Crippen LogP contribution in [-0.4, -0.2) is 18.5 Å². The van der Waals surface area contributed by atoms with Gasteiger partial charge in [0.2, 0.25) is 0 Å². The van der Waals surface area contributed by atoms with Gasteiger partial charge in [-0.05, 0) is 24.3 Å². The maximum absolute atomic E-state index is 12.4. The van der Waals surface area contributed by atoms with E-state index in [-0.39, 0.29) is 33.5 Å². The first-order valence-electron chi connectivity index (χ1n) is 6.64. The topological polar surface area (TPSA) is 76.7 Å². The van der Waals surface area contributed by atoms with Gasteiger partial charge in [-0.1, -0.05) is 11.6 Å². The van der Waals surface area contributed by atoms with Crippen molar-refractivity contribution in [2.75, 3.05) is 7.11 Å². The minimum absolute atomic E-state index is 0.00796. The van der Waals surface area contributed by atoms with Crippen LogP contribution in [0.5, 0.6) is 11.5 Å². The summed E-state index contributed by atoms with van der Waals surface area (Å²) in [5.41, 5.74) is 0.316. The zero-order valence-corrected chi connectivity index (χ0v) is 12.8. The van der Waals surface area contributed by atoms with Crippen molar-refractivity contribution in [3.8, 4) is 22.8 Å². The van der Waals surface area contributed by atoms with Crippen LogP contribution >= 0.6 is 11.6 Å². The number of ether oxygens (including phenoxy) is 1. The molecule has 23 heavy (non-hydrogen) atoms. The molecule has 0 radical (unpaired) electrons. The number of carbonyl (C=O) groups is 1. The first-order valence-corrected chi connectivity index (χ1v) is 7.02. The van der Waals surface area contributed by atoms with Crippen molar-refractivity contribution in [2.45, 2.75) is 0 Å². The van der Waals surface area contributed by atoms with Gasteiger partial charge in [0.15, 0.2) is 11.7 Å². The molecule has 116 valence electrons. The number of methoxy groups -OCH3 is 1. The highest BCUT2D eigenvalue weighted by atomic mass is 35.5. The maximum Gasteiger partial charge on any atom is 0.197 e. The molecule has 0 amide bonds. The van der Waals surface area contributed by atoms with Gasteiger partial charge in [0.1, 0.15) is 28.2 Å². The van der Waals surface area contributed by atoms with Crippen LogP contribution in [0.15, 0.2) is 45.6 Å². The van der Waals surface area contributed by atoms with Crippen LogP contribution in [0.1, 0.15) is 10.4 Å². The highest BCUT2D eigenvalue weighted by molar-refractivity contribution is 6.30. The van der Waals surface area contributed by atoms with Crippen molar-refractivity contribution in [3.05, 3.63) is 57.2 Å². The lowest BCUT2D eigenvalue weighted by atomic mass is 10.1. The summed E-state index contributed by atoms with van der Waals surface area (Å²) >= 11 is 5.84. The molecule has 2 aromatic carbocycles. The molecular weight excluding hydrogens is 320 g/mol. The van der Waals surface area contributed by atoms with Crippen molar-refractivity contribution in [1.29, 1.82) is 0 Å². The molecule has 0 fully saturated rings. The summed E-state index contributed by atoms with van der Waals surface area (Å²) < 4.78 is 10.8. The summed E-state index contributed by atoms with van der Waals surface area (Å²) in [6.07, 6.45) is 0.431. The second kappa shape index (κ2) is 5.78. The van der Waals surface area contributed by atoms with Gasteiger partial charge in [0.05, 0.1) is 12.7 Å². The number of phenolic OH excluding ortho intramolecular Hbond substituents is 1. The lowest BCUT2D eigenvalue weighted by molar-refractivity contribution is 0.111. The molecule has 0 aliphatic heterocycles. The summed E-state index contributed by atoms with van der Waals surface area (Å²) in [6.45, 7) is 0. The Bertz CT molecular complexity index is 957. The number of aldehydes is 1. The number of halogens is 1. The molecule has 0 aliphatic carbocycles. The molecule has 6 heteroatoms. The maximum atomic E-state index is 12.4. The van der Waals surface area contributed by atoms with E-state index in [0.29, 0.717) is 22.6 Å². The number of rotatable bonds is 3. The number of aromatic hydroxyl groups is 1. The van der Waals surface area contributed by atoms with Crippen LogP contribution in [0, 0.1) is 0 Å². The van der Waals surface area contributed by atoms with E-state index in [2.05, 4.69) is 0 Å². The Hall–Kier alpha value is -2.79. The third kappa shape index (κ3) is 2.55. The monoisotopic (exact) mass is 330 g/mol. The first kappa shape index (κ1) is 15.1. The van der Waals surface area contributed by atoms with Gasteiger partial charge in [0, 0.05) is 22.7 Å². The van der Waals surface area contributed by atoms with Gasteiger partial charge in [-0.15, -0.1) is 0 Å². The van der Waals surface area contributed by atoms with Crippen molar-refractivity contribution >= 4 is 28.9 Å². The van der Waals surface area contributed by atoms with E-state index in [1.54, 1.807) is 24.3 Å². The van der Waals surface area contributed by atoms with Crippen molar-refractivity contribution < 1.29 is 19.1 Å². The molecule has 0 aliphatic rings. The molecule has 0 spiro atoms. The number of phenols is 1. The van der Waals surface area contributed by atoms with Crippen molar-refractivity contribution in [1.82, 2.24) is 0 Å². The van der Waals surface area contributed by atoms with Crippen LogP contribution in [-0.2, 0) is 0 Å². The Balaban J connectivity index is 2.33. The molecule has 3 rings (SSSR count). The van der Waals surface area contributed by atoms with Crippen molar-refractivity contribution in [2.24, 2.45) is 0 Å². The van der Waals surface area contributed by atoms with E-state index in [1.165, 1.54) is 19.2 Å². The molecule has 1 N–H and O–H groups in total. The van der Waals surface area contributed by atoms with Gasteiger partial charge >= 0.3 is 0 Å². The molecule has 0 saturated heterocycles. The highest BCUT2D eigenvalue weighted by Crippen LogP contribution is 2.35. The average Bonchev–Trinajstić information content (AvgIpc) is 2.53. The second-order valence-corrected chi connectivity index (χ2v) is 5.25. The zero-order valence-electron chi connectivity index (χ0n) is 12.0. The van der Waals surface area contributed by atoms with Gasteiger partial charge in [-0.2, -0.15) is 0 Å². The summed E-state index contributed by atoms with van der Waals surface area (Å²) in [5, 5.41) is 10.6. The molecule has 0 saturated carbocycles. The van der Waals surface area contributed by atoms with Gasteiger partial charge < -0.3 is 14.3 Å². The molecule has 3 aromatic rings. The van der Waals surface area contributed by atoms with E-state index in [4.69, 9.17) is 20.8 Å². The largest absolute Gasteiger partial charge is 0.507 e. The average molecular weight is 331 g/mol. The molecule has 0 bridgehead atoms. The number of hydrogen-bond acceptors (Lipinski definition) is 5. The summed E-state index contributed by atoms with van der Waals surface area (Å²) in [6, 6.07) is 9.30. The number of hydrogen-bond donors (Lipinski definition) is 1. The van der Waals surface area contributed by atoms with Crippen LogP contribution in [0.4, 0.5) is 0 Å². The molecule has 0 atom stereocenters. The number of fused-ring (bicyclic) bond motifs is 1. The zero-order chi connectivity index (χ0) is 16.6. The Morgan fingerprint density at radius 3 is 2.52 bits per heavy atom. The van der Waals surface area contributed by atoms with Crippen LogP contribution in [0.3, 0.4) is 0 Å². The smallest absolute Gasteiger partial charge is 0.197 e. The quantitative estimate of drug-likeness (QED) is 0.742. The number of carbonyl (C=O) groups excluding carboxylic acids is 1. The standard InChI is InChI=1S/C17H11ClO5/c1-22-17-11(8-19)12(20)6-15-16(17)13(21)7-14(23-15)9-2-4-10(18)5-3-9/h2-8,20H,1H3. The predicted octanol–water partition coefficient (Wildman–Crippen LogP) is 3.64. The van der Waals surface area contributed by atoms with Gasteiger partial charge in [-0.25, -0.2) is 0 Å². The Labute approximate surface area is 135 Å². The van der Waals surface area contributed by atoms with E-state index < -0.39 is 0 Å². The Morgan fingerprint density at radius 1 is 1.22 bits per heavy atom. The first-order chi connectivity index (χ1) is 11.0. The third-order valence-electron chi connectivity index (χ3n) is 3.44. The fourth-order valence-corrected chi connectivity index (χ4v) is 2.50.